The summed E-state index contributed by atoms with van der Waals surface area (Å²) < 4.78 is 26.4. The lowest BCUT2D eigenvalue weighted by atomic mass is 10.1. The van der Waals surface area contributed by atoms with E-state index in [4.69, 9.17) is 0 Å². The van der Waals surface area contributed by atoms with Gasteiger partial charge in [0.2, 0.25) is 10.0 Å². The van der Waals surface area contributed by atoms with Crippen LogP contribution in [0.1, 0.15) is 30.6 Å². The molecule has 1 saturated carbocycles. The van der Waals surface area contributed by atoms with Crippen molar-refractivity contribution in [1.29, 1.82) is 0 Å². The lowest BCUT2D eigenvalue weighted by Gasteiger charge is -2.31. The van der Waals surface area contributed by atoms with Gasteiger partial charge in [-0.15, -0.1) is 23.7 Å². The third-order valence-electron chi connectivity index (χ3n) is 4.43. The van der Waals surface area contributed by atoms with Gasteiger partial charge >= 0.3 is 0 Å². The second-order valence-corrected chi connectivity index (χ2v) is 9.29. The van der Waals surface area contributed by atoms with Crippen LogP contribution >= 0.6 is 23.7 Å². The van der Waals surface area contributed by atoms with E-state index in [9.17, 15) is 8.42 Å². The number of sulfonamides is 1. The van der Waals surface area contributed by atoms with Crippen molar-refractivity contribution in [2.75, 3.05) is 25.4 Å². The van der Waals surface area contributed by atoms with Crippen LogP contribution < -0.4 is 5.32 Å². The van der Waals surface area contributed by atoms with Crippen LogP contribution in [0.5, 0.6) is 0 Å². The maximum absolute atomic E-state index is 12.4. The fourth-order valence-corrected chi connectivity index (χ4v) is 5.15. The number of thiophene rings is 1. The number of nitrogens with zero attached hydrogens (tertiary/aromatic N) is 1. The maximum Gasteiger partial charge on any atom is 0.214 e. The van der Waals surface area contributed by atoms with Gasteiger partial charge in [-0.3, -0.25) is 0 Å². The minimum atomic E-state index is -3.09. The fourth-order valence-electron chi connectivity index (χ4n) is 2.81. The van der Waals surface area contributed by atoms with Crippen molar-refractivity contribution in [2.24, 2.45) is 5.92 Å². The van der Waals surface area contributed by atoms with Crippen LogP contribution in [0.15, 0.2) is 17.5 Å². The molecule has 2 heterocycles. The van der Waals surface area contributed by atoms with E-state index in [1.165, 1.54) is 12.8 Å². The molecule has 22 heavy (non-hydrogen) atoms. The SMILES string of the molecule is Cl.O=S(=O)(CCc1cccs1)N1CCC(NCC2CC2)CC1. The van der Waals surface area contributed by atoms with Crippen LogP contribution in [0.3, 0.4) is 0 Å². The smallest absolute Gasteiger partial charge is 0.214 e. The molecule has 1 aromatic rings. The molecule has 4 nitrogen and oxygen atoms in total. The van der Waals surface area contributed by atoms with Crippen molar-refractivity contribution in [3.63, 3.8) is 0 Å². The topological polar surface area (TPSA) is 49.4 Å². The van der Waals surface area contributed by atoms with E-state index in [-0.39, 0.29) is 18.2 Å². The van der Waals surface area contributed by atoms with Crippen LogP contribution in [-0.4, -0.2) is 44.2 Å². The van der Waals surface area contributed by atoms with Gasteiger partial charge in [-0.25, -0.2) is 12.7 Å². The summed E-state index contributed by atoms with van der Waals surface area (Å²) in [5.41, 5.74) is 0. The van der Waals surface area contributed by atoms with Crippen molar-refractivity contribution in [2.45, 2.75) is 38.1 Å². The summed E-state index contributed by atoms with van der Waals surface area (Å²) in [6.45, 7) is 2.47. The third-order valence-corrected chi connectivity index (χ3v) is 7.23. The number of nitrogens with one attached hydrogen (secondary N) is 1. The van der Waals surface area contributed by atoms with Crippen molar-refractivity contribution in [3.8, 4) is 0 Å². The molecule has 1 aliphatic carbocycles. The molecule has 0 bridgehead atoms. The zero-order valence-electron chi connectivity index (χ0n) is 12.7. The second-order valence-electron chi connectivity index (χ2n) is 6.17. The van der Waals surface area contributed by atoms with Crippen LogP contribution in [0, 0.1) is 5.92 Å². The first-order valence-corrected chi connectivity index (χ1v) is 10.4. The van der Waals surface area contributed by atoms with Crippen molar-refractivity contribution >= 4 is 33.8 Å². The molecule has 0 amide bonds. The highest BCUT2D eigenvalue weighted by atomic mass is 35.5. The molecule has 0 atom stereocenters. The van der Waals surface area contributed by atoms with Crippen molar-refractivity contribution in [3.05, 3.63) is 22.4 Å². The van der Waals surface area contributed by atoms with E-state index < -0.39 is 10.0 Å². The van der Waals surface area contributed by atoms with Gasteiger partial charge in [0.1, 0.15) is 0 Å². The van der Waals surface area contributed by atoms with Gasteiger partial charge in [0, 0.05) is 24.0 Å². The summed E-state index contributed by atoms with van der Waals surface area (Å²) in [5.74, 6) is 1.13. The Bertz CT molecular complexity index is 536. The van der Waals surface area contributed by atoms with Crippen LogP contribution in [0.4, 0.5) is 0 Å². The molecule has 0 unspecified atom stereocenters. The highest BCUT2D eigenvalue weighted by Crippen LogP contribution is 2.28. The minimum absolute atomic E-state index is 0. The average molecular weight is 365 g/mol. The molecule has 1 aromatic heterocycles. The zero-order chi connectivity index (χ0) is 14.7. The van der Waals surface area contributed by atoms with E-state index >= 15 is 0 Å². The van der Waals surface area contributed by atoms with Crippen LogP contribution in [0.25, 0.3) is 0 Å². The summed E-state index contributed by atoms with van der Waals surface area (Å²) >= 11 is 1.63. The van der Waals surface area contributed by atoms with Crippen LogP contribution in [-0.2, 0) is 16.4 Å². The Morgan fingerprint density at radius 1 is 1.23 bits per heavy atom. The van der Waals surface area contributed by atoms with E-state index in [2.05, 4.69) is 5.32 Å². The summed E-state index contributed by atoms with van der Waals surface area (Å²) in [5, 5.41) is 5.59. The first-order valence-electron chi connectivity index (χ1n) is 7.87. The first-order chi connectivity index (χ1) is 10.1. The summed E-state index contributed by atoms with van der Waals surface area (Å²) in [7, 11) is -3.09. The molecule has 2 fully saturated rings. The normalized spacial score (nSPS) is 20.7. The molecule has 0 aromatic carbocycles. The van der Waals surface area contributed by atoms with Gasteiger partial charge < -0.3 is 5.32 Å². The Morgan fingerprint density at radius 3 is 2.55 bits per heavy atom. The Labute approximate surface area is 143 Å². The molecular weight excluding hydrogens is 340 g/mol. The maximum atomic E-state index is 12.4. The van der Waals surface area contributed by atoms with Gasteiger partial charge in [-0.1, -0.05) is 6.07 Å². The monoisotopic (exact) mass is 364 g/mol. The van der Waals surface area contributed by atoms with Gasteiger partial charge in [0.05, 0.1) is 5.75 Å². The molecule has 2 aliphatic rings. The van der Waals surface area contributed by atoms with Gasteiger partial charge in [0.15, 0.2) is 0 Å². The van der Waals surface area contributed by atoms with Crippen LogP contribution in [0.2, 0.25) is 0 Å². The predicted molar refractivity (Wildman–Crippen MR) is 94.4 cm³/mol. The third kappa shape index (κ3) is 5.20. The zero-order valence-corrected chi connectivity index (χ0v) is 15.2. The number of rotatable bonds is 7. The van der Waals surface area contributed by atoms with E-state index in [1.807, 2.05) is 17.5 Å². The molecule has 126 valence electrons. The second kappa shape index (κ2) is 8.11. The van der Waals surface area contributed by atoms with Crippen molar-refractivity contribution in [1.82, 2.24) is 9.62 Å². The summed E-state index contributed by atoms with van der Waals surface area (Å²) in [4.78, 5) is 1.15. The number of aryl methyl sites for hydroxylation is 1. The lowest BCUT2D eigenvalue weighted by molar-refractivity contribution is 0.288. The molecule has 3 rings (SSSR count). The molecular formula is C15H25ClN2O2S2. The molecule has 1 aliphatic heterocycles. The van der Waals surface area contributed by atoms with Crippen molar-refractivity contribution < 1.29 is 8.42 Å². The Kier molecular flexibility index (Phi) is 6.71. The fraction of sp³-hybridized carbons (Fsp3) is 0.733. The standard InChI is InChI=1S/C15H24N2O2S2.ClH/c18-21(19,11-7-15-2-1-10-20-15)17-8-5-14(6-9-17)16-12-13-3-4-13;/h1-2,10,13-14,16H,3-9,11-12H2;1H. The molecule has 1 saturated heterocycles. The molecule has 0 spiro atoms. The lowest BCUT2D eigenvalue weighted by Crippen LogP contribution is -2.46. The summed E-state index contributed by atoms with van der Waals surface area (Å²) in [6, 6.07) is 4.49. The van der Waals surface area contributed by atoms with Gasteiger partial charge in [0.25, 0.3) is 0 Å². The number of hydrogen-bond acceptors (Lipinski definition) is 4. The predicted octanol–water partition coefficient (Wildman–Crippen LogP) is 2.51. The van der Waals surface area contributed by atoms with Gasteiger partial charge in [-0.2, -0.15) is 0 Å². The number of hydrogen-bond donors (Lipinski definition) is 1. The average Bonchev–Trinajstić information content (AvgIpc) is 3.17. The van der Waals surface area contributed by atoms with E-state index in [0.717, 1.165) is 30.2 Å². The molecule has 0 radical (unpaired) electrons. The highest BCUT2D eigenvalue weighted by molar-refractivity contribution is 7.89. The Morgan fingerprint density at radius 2 is 1.95 bits per heavy atom. The summed E-state index contributed by atoms with van der Waals surface area (Å²) in [6.07, 6.45) is 5.27. The van der Waals surface area contributed by atoms with E-state index in [0.29, 0.717) is 25.6 Å². The Balaban J connectivity index is 0.00000176. The minimum Gasteiger partial charge on any atom is -0.314 e. The van der Waals surface area contributed by atoms with Gasteiger partial charge in [-0.05, 0) is 56.0 Å². The Hall–Kier alpha value is -0.140. The number of halogens is 1. The molecule has 1 N–H and O–H groups in total. The first kappa shape index (κ1) is 18.2. The molecule has 7 heteroatoms. The van der Waals surface area contributed by atoms with E-state index in [1.54, 1.807) is 15.6 Å². The highest BCUT2D eigenvalue weighted by Gasteiger charge is 2.29. The number of piperidine rings is 1. The quantitative estimate of drug-likeness (QED) is 0.808. The largest absolute Gasteiger partial charge is 0.314 e.